The Morgan fingerprint density at radius 3 is 2.70 bits per heavy atom. The van der Waals surface area contributed by atoms with Crippen LogP contribution >= 0.6 is 15.9 Å². The molecule has 2 N–H and O–H groups in total. The lowest BCUT2D eigenvalue weighted by atomic mass is 10.2. The number of aromatic amines is 1. The second kappa shape index (κ2) is 7.02. The molecule has 0 unspecified atom stereocenters. The van der Waals surface area contributed by atoms with Gasteiger partial charge in [0, 0.05) is 11.0 Å². The molecular weight excluding hydrogens is 318 g/mol. The predicted octanol–water partition coefficient (Wildman–Crippen LogP) is 3.04. The Hall–Kier alpha value is -1.17. The molecular formula is C15H20BrN3O. The number of benzene rings is 1. The molecule has 0 amide bonds. The number of aliphatic hydroxyl groups excluding tert-OH is 1. The van der Waals surface area contributed by atoms with Crippen molar-refractivity contribution in [3.8, 4) is 11.3 Å². The number of H-pyrrole nitrogens is 1. The summed E-state index contributed by atoms with van der Waals surface area (Å²) < 4.78 is 1.07. The van der Waals surface area contributed by atoms with E-state index in [4.69, 9.17) is 0 Å². The molecule has 0 fully saturated rings. The Labute approximate surface area is 128 Å². The van der Waals surface area contributed by atoms with Crippen molar-refractivity contribution >= 4 is 15.9 Å². The van der Waals surface area contributed by atoms with E-state index in [1.807, 2.05) is 32.3 Å². The fourth-order valence-electron chi connectivity index (χ4n) is 1.96. The van der Waals surface area contributed by atoms with Gasteiger partial charge in [-0.05, 0) is 38.1 Å². The van der Waals surface area contributed by atoms with Crippen LogP contribution < -0.4 is 0 Å². The fourth-order valence-corrected chi connectivity index (χ4v) is 2.23. The van der Waals surface area contributed by atoms with E-state index in [9.17, 15) is 5.11 Å². The van der Waals surface area contributed by atoms with Crippen molar-refractivity contribution in [1.82, 2.24) is 14.9 Å². The summed E-state index contributed by atoms with van der Waals surface area (Å²) in [5, 5.41) is 9.29. The molecule has 1 heterocycles. The SMILES string of the molecule is C[C@@H](O)CCN(C)Cc1ncc(-c2ccc(Br)cc2)[nH]1. The van der Waals surface area contributed by atoms with Gasteiger partial charge in [0.05, 0.1) is 24.5 Å². The maximum absolute atomic E-state index is 9.29. The van der Waals surface area contributed by atoms with E-state index in [0.29, 0.717) is 0 Å². The standard InChI is InChI=1S/C15H20BrN3O/c1-11(20)7-8-19(2)10-15-17-9-14(18-15)12-3-5-13(16)6-4-12/h3-6,9,11,20H,7-8,10H2,1-2H3,(H,17,18)/t11-/m1/s1. The van der Waals surface area contributed by atoms with Crippen LogP contribution in [-0.2, 0) is 6.54 Å². The molecule has 0 radical (unpaired) electrons. The van der Waals surface area contributed by atoms with Crippen LogP contribution in [0.2, 0.25) is 0 Å². The molecule has 1 aromatic heterocycles. The molecule has 0 bridgehead atoms. The number of hydrogen-bond acceptors (Lipinski definition) is 3. The highest BCUT2D eigenvalue weighted by Crippen LogP contribution is 2.20. The van der Waals surface area contributed by atoms with Crippen LogP contribution in [0.15, 0.2) is 34.9 Å². The summed E-state index contributed by atoms with van der Waals surface area (Å²) in [7, 11) is 2.03. The van der Waals surface area contributed by atoms with Gasteiger partial charge in [0.2, 0.25) is 0 Å². The van der Waals surface area contributed by atoms with Gasteiger partial charge >= 0.3 is 0 Å². The van der Waals surface area contributed by atoms with E-state index in [2.05, 4.69) is 42.9 Å². The predicted molar refractivity (Wildman–Crippen MR) is 84.4 cm³/mol. The summed E-state index contributed by atoms with van der Waals surface area (Å²) in [6.07, 6.45) is 2.38. The molecule has 20 heavy (non-hydrogen) atoms. The van der Waals surface area contributed by atoms with Crippen molar-refractivity contribution in [3.05, 3.63) is 40.8 Å². The van der Waals surface area contributed by atoms with Gasteiger partial charge in [0.1, 0.15) is 5.82 Å². The van der Waals surface area contributed by atoms with Crippen molar-refractivity contribution in [1.29, 1.82) is 0 Å². The lowest BCUT2D eigenvalue weighted by Gasteiger charge is -2.15. The molecule has 0 saturated heterocycles. The molecule has 108 valence electrons. The zero-order valence-corrected chi connectivity index (χ0v) is 13.4. The summed E-state index contributed by atoms with van der Waals surface area (Å²) in [6, 6.07) is 8.15. The molecule has 0 saturated carbocycles. The highest BCUT2D eigenvalue weighted by Gasteiger charge is 2.07. The summed E-state index contributed by atoms with van der Waals surface area (Å²) in [5.74, 6) is 0.941. The first-order valence-electron chi connectivity index (χ1n) is 6.71. The Morgan fingerprint density at radius 1 is 1.35 bits per heavy atom. The van der Waals surface area contributed by atoms with E-state index < -0.39 is 0 Å². The molecule has 2 rings (SSSR count). The average Bonchev–Trinajstić information content (AvgIpc) is 2.85. The molecule has 2 aromatic rings. The number of imidazole rings is 1. The monoisotopic (exact) mass is 337 g/mol. The van der Waals surface area contributed by atoms with E-state index >= 15 is 0 Å². The molecule has 4 nitrogen and oxygen atoms in total. The molecule has 0 spiro atoms. The number of aliphatic hydroxyl groups is 1. The third-order valence-corrected chi connectivity index (χ3v) is 3.66. The number of halogens is 1. The average molecular weight is 338 g/mol. The highest BCUT2D eigenvalue weighted by molar-refractivity contribution is 9.10. The Kier molecular flexibility index (Phi) is 5.34. The second-order valence-corrected chi connectivity index (χ2v) is 6.04. The van der Waals surface area contributed by atoms with Crippen LogP contribution in [0.5, 0.6) is 0 Å². The Balaban J connectivity index is 1.96. The molecule has 0 aliphatic carbocycles. The molecule has 0 aliphatic heterocycles. The summed E-state index contributed by atoms with van der Waals surface area (Å²) in [6.45, 7) is 3.42. The van der Waals surface area contributed by atoms with Crippen LogP contribution in [0.4, 0.5) is 0 Å². The summed E-state index contributed by atoms with van der Waals surface area (Å²) in [4.78, 5) is 9.90. The van der Waals surface area contributed by atoms with Gasteiger partial charge in [0.15, 0.2) is 0 Å². The highest BCUT2D eigenvalue weighted by atomic mass is 79.9. The number of nitrogens with zero attached hydrogens (tertiary/aromatic N) is 2. The van der Waals surface area contributed by atoms with Crippen LogP contribution in [0.3, 0.4) is 0 Å². The number of rotatable bonds is 6. The first kappa shape index (κ1) is 15.2. The smallest absolute Gasteiger partial charge is 0.120 e. The van der Waals surface area contributed by atoms with E-state index in [1.165, 1.54) is 0 Å². The van der Waals surface area contributed by atoms with Gasteiger partial charge < -0.3 is 10.1 Å². The third kappa shape index (κ3) is 4.44. The maximum Gasteiger partial charge on any atom is 0.120 e. The minimum Gasteiger partial charge on any atom is -0.393 e. The van der Waals surface area contributed by atoms with Gasteiger partial charge in [-0.1, -0.05) is 28.1 Å². The van der Waals surface area contributed by atoms with Crippen molar-refractivity contribution in [3.63, 3.8) is 0 Å². The quantitative estimate of drug-likeness (QED) is 0.851. The molecule has 1 atom stereocenters. The van der Waals surface area contributed by atoms with E-state index in [1.54, 1.807) is 0 Å². The van der Waals surface area contributed by atoms with Gasteiger partial charge in [0.25, 0.3) is 0 Å². The zero-order chi connectivity index (χ0) is 14.5. The number of nitrogens with one attached hydrogen (secondary N) is 1. The first-order chi connectivity index (χ1) is 9.54. The lowest BCUT2D eigenvalue weighted by Crippen LogP contribution is -2.22. The minimum atomic E-state index is -0.257. The van der Waals surface area contributed by atoms with E-state index in [0.717, 1.165) is 41.1 Å². The largest absolute Gasteiger partial charge is 0.393 e. The first-order valence-corrected chi connectivity index (χ1v) is 7.50. The second-order valence-electron chi connectivity index (χ2n) is 5.13. The van der Waals surface area contributed by atoms with Crippen molar-refractivity contribution < 1.29 is 5.11 Å². The molecule has 1 aromatic carbocycles. The minimum absolute atomic E-state index is 0.257. The fraction of sp³-hybridized carbons (Fsp3) is 0.400. The summed E-state index contributed by atoms with van der Waals surface area (Å²) in [5.41, 5.74) is 2.15. The maximum atomic E-state index is 9.29. The van der Waals surface area contributed by atoms with Crippen molar-refractivity contribution in [2.75, 3.05) is 13.6 Å². The van der Waals surface area contributed by atoms with Crippen LogP contribution in [0.1, 0.15) is 19.2 Å². The Bertz CT molecular complexity index is 536. The number of hydrogen-bond donors (Lipinski definition) is 2. The van der Waals surface area contributed by atoms with Crippen LogP contribution in [0.25, 0.3) is 11.3 Å². The van der Waals surface area contributed by atoms with E-state index in [-0.39, 0.29) is 6.10 Å². The van der Waals surface area contributed by atoms with Crippen LogP contribution in [-0.4, -0.2) is 39.7 Å². The van der Waals surface area contributed by atoms with Crippen molar-refractivity contribution in [2.45, 2.75) is 26.0 Å². The van der Waals surface area contributed by atoms with Gasteiger partial charge in [-0.15, -0.1) is 0 Å². The molecule has 5 heteroatoms. The van der Waals surface area contributed by atoms with Gasteiger partial charge in [-0.25, -0.2) is 4.98 Å². The van der Waals surface area contributed by atoms with Gasteiger partial charge in [-0.2, -0.15) is 0 Å². The topological polar surface area (TPSA) is 52.1 Å². The van der Waals surface area contributed by atoms with Gasteiger partial charge in [-0.3, -0.25) is 4.90 Å². The normalized spacial score (nSPS) is 12.8. The number of aromatic nitrogens is 2. The summed E-state index contributed by atoms with van der Waals surface area (Å²) >= 11 is 3.43. The van der Waals surface area contributed by atoms with Crippen LogP contribution in [0, 0.1) is 0 Å². The lowest BCUT2D eigenvalue weighted by molar-refractivity contribution is 0.162. The molecule has 0 aliphatic rings. The Morgan fingerprint density at radius 2 is 2.05 bits per heavy atom. The zero-order valence-electron chi connectivity index (χ0n) is 11.8. The van der Waals surface area contributed by atoms with Crippen molar-refractivity contribution in [2.24, 2.45) is 0 Å². The third-order valence-electron chi connectivity index (χ3n) is 3.13.